The van der Waals surface area contributed by atoms with Crippen LogP contribution in [0.5, 0.6) is 0 Å². The van der Waals surface area contributed by atoms with E-state index in [2.05, 4.69) is 4.90 Å². The molecule has 5 heteroatoms. The predicted octanol–water partition coefficient (Wildman–Crippen LogP) is 4.26. The van der Waals surface area contributed by atoms with Crippen molar-refractivity contribution in [2.45, 2.75) is 6.92 Å². The van der Waals surface area contributed by atoms with E-state index < -0.39 is 0 Å². The second-order valence-corrected chi connectivity index (χ2v) is 6.65. The molecular formula is C18H18Cl2N2O. The summed E-state index contributed by atoms with van der Waals surface area (Å²) < 4.78 is 0. The van der Waals surface area contributed by atoms with Gasteiger partial charge in [-0.3, -0.25) is 4.79 Å². The monoisotopic (exact) mass is 348 g/mol. The van der Waals surface area contributed by atoms with E-state index in [9.17, 15) is 4.79 Å². The molecule has 2 aromatic carbocycles. The van der Waals surface area contributed by atoms with Crippen LogP contribution in [0.2, 0.25) is 10.0 Å². The van der Waals surface area contributed by atoms with Gasteiger partial charge < -0.3 is 9.80 Å². The average molecular weight is 349 g/mol. The summed E-state index contributed by atoms with van der Waals surface area (Å²) in [5.41, 5.74) is 2.86. The fourth-order valence-electron chi connectivity index (χ4n) is 2.85. The maximum absolute atomic E-state index is 12.6. The zero-order chi connectivity index (χ0) is 16.4. The lowest BCUT2D eigenvalue weighted by molar-refractivity contribution is 0.0746. The number of amides is 1. The van der Waals surface area contributed by atoms with Crippen LogP contribution in [0.4, 0.5) is 5.69 Å². The van der Waals surface area contributed by atoms with Gasteiger partial charge in [0.05, 0.1) is 0 Å². The van der Waals surface area contributed by atoms with Gasteiger partial charge in [-0.2, -0.15) is 0 Å². The van der Waals surface area contributed by atoms with E-state index in [1.807, 2.05) is 48.2 Å². The van der Waals surface area contributed by atoms with Crippen molar-refractivity contribution in [1.82, 2.24) is 4.90 Å². The second-order valence-electron chi connectivity index (χ2n) is 5.78. The van der Waals surface area contributed by atoms with Crippen molar-refractivity contribution >= 4 is 34.8 Å². The molecule has 0 bridgehead atoms. The second kappa shape index (κ2) is 6.81. The highest BCUT2D eigenvalue weighted by molar-refractivity contribution is 6.35. The molecule has 0 saturated carbocycles. The zero-order valence-corrected chi connectivity index (χ0v) is 14.4. The Morgan fingerprint density at radius 1 is 0.957 bits per heavy atom. The van der Waals surface area contributed by atoms with Gasteiger partial charge in [-0.15, -0.1) is 0 Å². The number of hydrogen-bond donors (Lipinski definition) is 0. The van der Waals surface area contributed by atoms with Gasteiger partial charge in [-0.05, 0) is 37.3 Å². The van der Waals surface area contributed by atoms with Gasteiger partial charge in [0.15, 0.2) is 0 Å². The van der Waals surface area contributed by atoms with Gasteiger partial charge in [0, 0.05) is 47.5 Å². The van der Waals surface area contributed by atoms with Crippen molar-refractivity contribution in [2.24, 2.45) is 0 Å². The SMILES string of the molecule is Cc1cccc(C(=O)N2CCN(c3cc(Cl)cc(Cl)c3)CC2)c1. The highest BCUT2D eigenvalue weighted by Crippen LogP contribution is 2.26. The third kappa shape index (κ3) is 3.80. The summed E-state index contributed by atoms with van der Waals surface area (Å²) in [6.45, 7) is 4.92. The van der Waals surface area contributed by atoms with Crippen LogP contribution in [0.3, 0.4) is 0 Å². The summed E-state index contributed by atoms with van der Waals surface area (Å²) >= 11 is 12.1. The molecular weight excluding hydrogens is 331 g/mol. The van der Waals surface area contributed by atoms with Gasteiger partial charge in [-0.25, -0.2) is 0 Å². The van der Waals surface area contributed by atoms with Crippen molar-refractivity contribution < 1.29 is 4.79 Å². The Morgan fingerprint density at radius 2 is 1.61 bits per heavy atom. The minimum absolute atomic E-state index is 0.0949. The van der Waals surface area contributed by atoms with Gasteiger partial charge in [0.1, 0.15) is 0 Å². The van der Waals surface area contributed by atoms with E-state index in [1.54, 1.807) is 6.07 Å². The molecule has 1 heterocycles. The average Bonchev–Trinajstić information content (AvgIpc) is 2.53. The minimum atomic E-state index is 0.0949. The third-order valence-corrected chi connectivity index (χ3v) is 4.48. The fourth-order valence-corrected chi connectivity index (χ4v) is 3.36. The Morgan fingerprint density at radius 3 is 2.22 bits per heavy atom. The molecule has 0 spiro atoms. The first-order chi connectivity index (χ1) is 11.0. The smallest absolute Gasteiger partial charge is 0.253 e. The van der Waals surface area contributed by atoms with E-state index in [1.165, 1.54) is 0 Å². The lowest BCUT2D eigenvalue weighted by Crippen LogP contribution is -2.48. The standard InChI is InChI=1S/C18H18Cl2N2O/c1-13-3-2-4-14(9-13)18(23)22-7-5-21(6-8-22)17-11-15(19)10-16(20)12-17/h2-4,9-12H,5-8H2,1H3. The molecule has 0 unspecified atom stereocenters. The maximum atomic E-state index is 12.6. The highest BCUT2D eigenvalue weighted by atomic mass is 35.5. The largest absolute Gasteiger partial charge is 0.368 e. The molecule has 3 nitrogen and oxygen atoms in total. The van der Waals surface area contributed by atoms with Crippen LogP contribution in [-0.4, -0.2) is 37.0 Å². The van der Waals surface area contributed by atoms with Gasteiger partial charge in [-0.1, -0.05) is 40.9 Å². The van der Waals surface area contributed by atoms with Crippen molar-refractivity contribution in [3.63, 3.8) is 0 Å². The van der Waals surface area contributed by atoms with Crippen LogP contribution in [0.25, 0.3) is 0 Å². The van der Waals surface area contributed by atoms with Crippen molar-refractivity contribution in [2.75, 3.05) is 31.1 Å². The summed E-state index contributed by atoms with van der Waals surface area (Å²) in [6, 6.07) is 13.3. The van der Waals surface area contributed by atoms with E-state index >= 15 is 0 Å². The van der Waals surface area contributed by atoms with E-state index in [4.69, 9.17) is 23.2 Å². The fraction of sp³-hybridized carbons (Fsp3) is 0.278. The molecule has 0 atom stereocenters. The van der Waals surface area contributed by atoms with Gasteiger partial charge in [0.2, 0.25) is 0 Å². The molecule has 1 aliphatic rings. The predicted molar refractivity (Wildman–Crippen MR) is 95.8 cm³/mol. The zero-order valence-electron chi connectivity index (χ0n) is 12.9. The Kier molecular flexibility index (Phi) is 4.79. The molecule has 1 amide bonds. The van der Waals surface area contributed by atoms with E-state index in [0.29, 0.717) is 23.1 Å². The molecule has 3 rings (SSSR count). The van der Waals surface area contributed by atoms with Crippen LogP contribution in [0, 0.1) is 6.92 Å². The number of carbonyl (C=O) groups is 1. The topological polar surface area (TPSA) is 23.6 Å². The number of piperazine rings is 1. The first kappa shape index (κ1) is 16.2. The van der Waals surface area contributed by atoms with Gasteiger partial charge in [0.25, 0.3) is 5.91 Å². The molecule has 120 valence electrons. The highest BCUT2D eigenvalue weighted by Gasteiger charge is 2.22. The van der Waals surface area contributed by atoms with E-state index in [0.717, 1.165) is 29.9 Å². The molecule has 2 aromatic rings. The summed E-state index contributed by atoms with van der Waals surface area (Å²) in [6.07, 6.45) is 0. The molecule has 1 aliphatic heterocycles. The number of halogens is 2. The molecule has 1 fully saturated rings. The normalized spacial score (nSPS) is 14.9. The number of nitrogens with zero attached hydrogens (tertiary/aromatic N) is 2. The quantitative estimate of drug-likeness (QED) is 0.809. The Hall–Kier alpha value is -1.71. The summed E-state index contributed by atoms with van der Waals surface area (Å²) in [5, 5.41) is 1.26. The van der Waals surface area contributed by atoms with Crippen molar-refractivity contribution in [3.05, 3.63) is 63.6 Å². The Bertz CT molecular complexity index is 704. The Balaban J connectivity index is 1.67. The Labute approximate surface area is 146 Å². The third-order valence-electron chi connectivity index (χ3n) is 4.04. The summed E-state index contributed by atoms with van der Waals surface area (Å²) in [4.78, 5) is 16.7. The van der Waals surface area contributed by atoms with Crippen LogP contribution in [-0.2, 0) is 0 Å². The molecule has 0 aromatic heterocycles. The lowest BCUT2D eigenvalue weighted by atomic mass is 10.1. The molecule has 1 saturated heterocycles. The molecule has 0 radical (unpaired) electrons. The molecule has 23 heavy (non-hydrogen) atoms. The summed E-state index contributed by atoms with van der Waals surface area (Å²) in [7, 11) is 0. The number of anilines is 1. The summed E-state index contributed by atoms with van der Waals surface area (Å²) in [5.74, 6) is 0.0949. The van der Waals surface area contributed by atoms with Crippen LogP contribution < -0.4 is 4.90 Å². The lowest BCUT2D eigenvalue weighted by Gasteiger charge is -2.36. The van der Waals surface area contributed by atoms with Crippen molar-refractivity contribution in [3.8, 4) is 0 Å². The number of rotatable bonds is 2. The maximum Gasteiger partial charge on any atom is 0.253 e. The van der Waals surface area contributed by atoms with Crippen LogP contribution in [0.15, 0.2) is 42.5 Å². The van der Waals surface area contributed by atoms with Crippen molar-refractivity contribution in [1.29, 1.82) is 0 Å². The number of aryl methyl sites for hydroxylation is 1. The van der Waals surface area contributed by atoms with Crippen LogP contribution in [0.1, 0.15) is 15.9 Å². The number of benzene rings is 2. The van der Waals surface area contributed by atoms with E-state index in [-0.39, 0.29) is 5.91 Å². The van der Waals surface area contributed by atoms with Gasteiger partial charge >= 0.3 is 0 Å². The number of carbonyl (C=O) groups excluding carboxylic acids is 1. The number of hydrogen-bond acceptors (Lipinski definition) is 2. The first-order valence-electron chi connectivity index (χ1n) is 7.60. The molecule has 0 aliphatic carbocycles. The molecule has 0 N–H and O–H groups in total. The minimum Gasteiger partial charge on any atom is -0.368 e. The first-order valence-corrected chi connectivity index (χ1v) is 8.35. The van der Waals surface area contributed by atoms with Crippen LogP contribution >= 0.6 is 23.2 Å².